The zero-order valence-corrected chi connectivity index (χ0v) is 38.9. The highest BCUT2D eigenvalue weighted by Gasteiger charge is 2.34. The highest BCUT2D eigenvalue weighted by Crippen LogP contribution is 2.50. The monoisotopic (exact) mass is 852 g/mol. The van der Waals surface area contributed by atoms with Crippen LogP contribution in [0.25, 0.3) is 38.8 Å². The molecular weight excluding hydrogens is 795 g/mol. The molecule has 7 heteroatoms. The van der Waals surface area contributed by atoms with E-state index in [1.807, 2.05) is 30.5 Å². The molecule has 0 atom stereocenters. The lowest BCUT2D eigenvalue weighted by Crippen LogP contribution is -2.25. The summed E-state index contributed by atoms with van der Waals surface area (Å²) in [5.74, 6) is 1.25. The molecule has 64 heavy (non-hydrogen) atoms. The van der Waals surface area contributed by atoms with Gasteiger partial charge < -0.3 is 14.5 Å². The number of rotatable bonds is 7. The van der Waals surface area contributed by atoms with E-state index in [0.29, 0.717) is 17.4 Å². The summed E-state index contributed by atoms with van der Waals surface area (Å²) in [6, 6.07) is 42.2. The number of hydrogen-bond donors (Lipinski definition) is 0. The SMILES string of the molecule is CC(C)c1cc(C(C)(C)C)c(-c2cc(Oc3ccc4c5ccccc5n(-c5ccccn5)c4c3)cc(N3CN(c4c(F)cccc4F)c4cc(C(C)(C)C)ccc43)c2)c(C(C)(C)C)c1. The molecule has 0 spiro atoms. The van der Waals surface area contributed by atoms with E-state index >= 15 is 8.78 Å². The zero-order chi connectivity index (χ0) is 45.5. The van der Waals surface area contributed by atoms with Gasteiger partial charge in [0.05, 0.1) is 22.4 Å². The Bertz CT molecular complexity index is 3020. The first-order valence-electron chi connectivity index (χ1n) is 22.4. The minimum absolute atomic E-state index is 0.0733. The summed E-state index contributed by atoms with van der Waals surface area (Å²) in [4.78, 5) is 8.67. The van der Waals surface area contributed by atoms with Gasteiger partial charge in [-0.3, -0.25) is 4.57 Å². The van der Waals surface area contributed by atoms with Gasteiger partial charge in [-0.25, -0.2) is 13.8 Å². The highest BCUT2D eigenvalue weighted by molar-refractivity contribution is 6.09. The summed E-state index contributed by atoms with van der Waals surface area (Å²) >= 11 is 0. The third kappa shape index (κ3) is 7.69. The van der Waals surface area contributed by atoms with E-state index in [1.165, 1.54) is 40.5 Å². The number of hydrogen-bond acceptors (Lipinski definition) is 4. The van der Waals surface area contributed by atoms with Crippen molar-refractivity contribution in [3.05, 3.63) is 167 Å². The van der Waals surface area contributed by atoms with E-state index in [4.69, 9.17) is 9.72 Å². The summed E-state index contributed by atoms with van der Waals surface area (Å²) in [7, 11) is 0. The molecule has 0 N–H and O–H groups in total. The molecule has 0 aliphatic carbocycles. The second-order valence-electron chi connectivity index (χ2n) is 20.7. The smallest absolute Gasteiger partial charge is 0.149 e. The van der Waals surface area contributed by atoms with Crippen LogP contribution >= 0.6 is 0 Å². The summed E-state index contributed by atoms with van der Waals surface area (Å²) in [5.41, 5.74) is 10.8. The maximum atomic E-state index is 15.8. The molecule has 8 aromatic rings. The van der Waals surface area contributed by atoms with Crippen LogP contribution < -0.4 is 14.5 Å². The molecule has 0 bridgehead atoms. The van der Waals surface area contributed by atoms with E-state index in [2.05, 4.69) is 171 Å². The predicted molar refractivity (Wildman–Crippen MR) is 263 cm³/mol. The van der Waals surface area contributed by atoms with Crippen LogP contribution in [0.4, 0.5) is 31.5 Å². The van der Waals surface area contributed by atoms with Crippen LogP contribution in [0.3, 0.4) is 0 Å². The van der Waals surface area contributed by atoms with Gasteiger partial charge in [0.1, 0.15) is 41.3 Å². The van der Waals surface area contributed by atoms with E-state index < -0.39 is 11.6 Å². The second kappa shape index (κ2) is 15.7. The van der Waals surface area contributed by atoms with Crippen LogP contribution in [-0.4, -0.2) is 16.2 Å². The molecule has 1 aliphatic rings. The van der Waals surface area contributed by atoms with Gasteiger partial charge in [-0.15, -0.1) is 0 Å². The topological polar surface area (TPSA) is 33.5 Å². The largest absolute Gasteiger partial charge is 0.457 e. The molecule has 0 unspecified atom stereocenters. The molecule has 2 aromatic heterocycles. The number of pyridine rings is 1. The number of ether oxygens (including phenoxy) is 1. The normalized spacial score (nSPS) is 13.4. The molecule has 0 fully saturated rings. The molecule has 0 amide bonds. The third-order valence-corrected chi connectivity index (χ3v) is 12.6. The average Bonchev–Trinajstić information content (AvgIpc) is 3.78. The van der Waals surface area contributed by atoms with Crippen LogP contribution in [0.5, 0.6) is 11.5 Å². The van der Waals surface area contributed by atoms with Gasteiger partial charge in [0, 0.05) is 34.8 Å². The van der Waals surface area contributed by atoms with Crippen molar-refractivity contribution in [3.63, 3.8) is 0 Å². The average molecular weight is 853 g/mol. The molecule has 0 saturated heterocycles. The number of nitrogens with zero attached hydrogens (tertiary/aromatic N) is 4. The molecule has 0 saturated carbocycles. The van der Waals surface area contributed by atoms with Gasteiger partial charge in [0.15, 0.2) is 0 Å². The molecule has 326 valence electrons. The van der Waals surface area contributed by atoms with Crippen LogP contribution in [0.15, 0.2) is 134 Å². The molecule has 3 heterocycles. The fourth-order valence-electron chi connectivity index (χ4n) is 9.20. The zero-order valence-electron chi connectivity index (χ0n) is 38.9. The molecule has 6 aromatic carbocycles. The van der Waals surface area contributed by atoms with Crippen LogP contribution in [0.1, 0.15) is 104 Å². The van der Waals surface area contributed by atoms with E-state index in [-0.39, 0.29) is 28.6 Å². The quantitative estimate of drug-likeness (QED) is 0.160. The second-order valence-corrected chi connectivity index (χ2v) is 20.7. The van der Waals surface area contributed by atoms with Crippen molar-refractivity contribution in [2.75, 3.05) is 16.5 Å². The minimum Gasteiger partial charge on any atom is -0.457 e. The number of aromatic nitrogens is 2. The number of benzene rings is 6. The van der Waals surface area contributed by atoms with Crippen molar-refractivity contribution in [2.45, 2.75) is 98.3 Å². The number of anilines is 4. The lowest BCUT2D eigenvalue weighted by molar-refractivity contribution is 0.483. The third-order valence-electron chi connectivity index (χ3n) is 12.6. The molecule has 0 radical (unpaired) electrons. The van der Waals surface area contributed by atoms with Gasteiger partial charge in [-0.1, -0.05) is 125 Å². The van der Waals surface area contributed by atoms with E-state index in [0.717, 1.165) is 55.8 Å². The van der Waals surface area contributed by atoms with Gasteiger partial charge in [-0.05, 0) is 122 Å². The standard InChI is InChI=1S/C57H58F2N4O/c1-35(2)36-29-44(56(6,7)8)53(45(30-36)57(9,10)11)37-27-39(61-34-62(54-46(58)18-16-19-47(54)59)51-31-38(55(3,4)5)22-25-49(51)61)32-41(28-37)64-40-23-24-43-42-17-12-13-20-48(42)63(50(43)33-40)52-21-14-15-26-60-52/h12-33,35H,34H2,1-11H3. The Morgan fingerprint density at radius 2 is 1.25 bits per heavy atom. The Morgan fingerprint density at radius 1 is 0.578 bits per heavy atom. The molecule has 1 aliphatic heterocycles. The molecular formula is C57H58F2N4O. The number of fused-ring (bicyclic) bond motifs is 4. The van der Waals surface area contributed by atoms with Gasteiger partial charge >= 0.3 is 0 Å². The summed E-state index contributed by atoms with van der Waals surface area (Å²) in [5, 5.41) is 2.23. The molecule has 9 rings (SSSR count). The summed E-state index contributed by atoms with van der Waals surface area (Å²) in [6.07, 6.45) is 1.82. The van der Waals surface area contributed by atoms with Gasteiger partial charge in [-0.2, -0.15) is 0 Å². The van der Waals surface area contributed by atoms with Crippen molar-refractivity contribution in [3.8, 4) is 28.4 Å². The number of para-hydroxylation sites is 2. The van der Waals surface area contributed by atoms with Crippen molar-refractivity contribution in [2.24, 2.45) is 0 Å². The fourth-order valence-corrected chi connectivity index (χ4v) is 9.20. The van der Waals surface area contributed by atoms with Crippen LogP contribution in [0.2, 0.25) is 0 Å². The predicted octanol–water partition coefficient (Wildman–Crippen LogP) is 16.2. The Morgan fingerprint density at radius 3 is 1.89 bits per heavy atom. The van der Waals surface area contributed by atoms with Crippen molar-refractivity contribution < 1.29 is 13.5 Å². The maximum absolute atomic E-state index is 15.8. The Hall–Kier alpha value is -6.47. The fraction of sp³-hybridized carbons (Fsp3) is 0.281. The van der Waals surface area contributed by atoms with Crippen molar-refractivity contribution in [1.29, 1.82) is 0 Å². The summed E-state index contributed by atoms with van der Waals surface area (Å²) < 4.78 is 40.9. The summed E-state index contributed by atoms with van der Waals surface area (Å²) in [6.45, 7) is 24.8. The van der Waals surface area contributed by atoms with Crippen LogP contribution in [-0.2, 0) is 16.2 Å². The Kier molecular flexibility index (Phi) is 10.5. The van der Waals surface area contributed by atoms with Gasteiger partial charge in [0.2, 0.25) is 0 Å². The van der Waals surface area contributed by atoms with Gasteiger partial charge in [0.25, 0.3) is 0 Å². The first kappa shape index (κ1) is 42.8. The minimum atomic E-state index is -0.611. The number of halogens is 2. The lowest BCUT2D eigenvalue weighted by atomic mass is 9.72. The Balaban J connectivity index is 1.29. The van der Waals surface area contributed by atoms with E-state index in [1.54, 1.807) is 4.90 Å². The molecule has 5 nitrogen and oxygen atoms in total. The Labute approximate surface area is 377 Å². The first-order chi connectivity index (χ1) is 30.3. The van der Waals surface area contributed by atoms with E-state index in [9.17, 15) is 0 Å². The maximum Gasteiger partial charge on any atom is 0.149 e. The lowest BCUT2D eigenvalue weighted by Gasteiger charge is -2.33. The first-order valence-corrected chi connectivity index (χ1v) is 22.4. The highest BCUT2D eigenvalue weighted by atomic mass is 19.1. The van der Waals surface area contributed by atoms with Crippen molar-refractivity contribution in [1.82, 2.24) is 9.55 Å². The van der Waals surface area contributed by atoms with Crippen molar-refractivity contribution >= 4 is 44.6 Å². The van der Waals surface area contributed by atoms with Crippen LogP contribution in [0, 0.1) is 11.6 Å².